The topological polar surface area (TPSA) is 0 Å². The van der Waals surface area contributed by atoms with E-state index in [1.54, 1.807) is 0 Å². The zero-order valence-electron chi connectivity index (χ0n) is 7.37. The van der Waals surface area contributed by atoms with Crippen LogP contribution in [0.3, 0.4) is 0 Å². The van der Waals surface area contributed by atoms with E-state index < -0.39 is 0 Å². The van der Waals surface area contributed by atoms with Gasteiger partial charge < -0.3 is 12.8 Å². The Bertz CT molecular complexity index is 48.6. The molecule has 0 bridgehead atoms. The van der Waals surface area contributed by atoms with Crippen molar-refractivity contribution in [3.05, 3.63) is 12.8 Å². The molecule has 0 radical (unpaired) electrons. The van der Waals surface area contributed by atoms with Crippen molar-refractivity contribution in [3.8, 4) is 0 Å². The molecule has 1 atom stereocenters. The molecule has 0 heterocycles. The summed E-state index contributed by atoms with van der Waals surface area (Å²) < 4.78 is 0. The molecule has 0 amide bonds. The second-order valence-corrected chi connectivity index (χ2v) is 2.30. The van der Waals surface area contributed by atoms with Gasteiger partial charge in [0, 0.05) is 63.2 Å². The quantitative estimate of drug-likeness (QED) is 0.407. The monoisotopic (exact) mass is 664 g/mol. The van der Waals surface area contributed by atoms with Gasteiger partial charge in [-0.15, -0.1) is 6.42 Å². The van der Waals surface area contributed by atoms with Gasteiger partial charge in [0.1, 0.15) is 0 Å². The Hall–Kier alpha value is 2.06. The maximum absolute atomic E-state index is 2.25. The molecular weight excluding hydrogens is 648 g/mol. The summed E-state index contributed by atoms with van der Waals surface area (Å²) in [4.78, 5) is 0. The average Bonchev–Trinajstić information content (AvgIpc) is 1.83. The van der Waals surface area contributed by atoms with Crippen molar-refractivity contribution in [2.24, 2.45) is 5.92 Å². The molecular formula is C8H16W3-2. The molecule has 0 aliphatic carbocycles. The molecule has 0 spiro atoms. The molecule has 0 aliphatic heterocycles. The van der Waals surface area contributed by atoms with Gasteiger partial charge in [-0.2, -0.15) is 26.2 Å². The molecule has 68 valence electrons. The maximum Gasteiger partial charge on any atom is 0 e. The predicted molar refractivity (Wildman–Crippen MR) is 38.3 cm³/mol. The largest absolute Gasteiger partial charge is 0.332 e. The fourth-order valence-electron chi connectivity index (χ4n) is 0.596. The van der Waals surface area contributed by atoms with Gasteiger partial charge in [0.05, 0.1) is 0 Å². The van der Waals surface area contributed by atoms with Gasteiger partial charge in [0.15, 0.2) is 0 Å². The van der Waals surface area contributed by atoms with E-state index in [0.29, 0.717) is 0 Å². The summed E-state index contributed by atoms with van der Waals surface area (Å²) in [7, 11) is 0. The minimum absolute atomic E-state index is 0. The van der Waals surface area contributed by atoms with Crippen LogP contribution in [0.1, 0.15) is 33.6 Å². The van der Waals surface area contributed by atoms with Gasteiger partial charge in [-0.1, -0.05) is 6.92 Å². The first-order chi connectivity index (χ1) is 3.81. The Balaban J connectivity index is -0.0000000817. The van der Waals surface area contributed by atoms with Crippen molar-refractivity contribution in [2.75, 3.05) is 0 Å². The second kappa shape index (κ2) is 18.0. The minimum atomic E-state index is 0. The predicted octanol–water partition coefficient (Wildman–Crippen LogP) is 2.84. The summed E-state index contributed by atoms with van der Waals surface area (Å²) in [5.74, 6) is 0.797. The van der Waals surface area contributed by atoms with Crippen LogP contribution < -0.4 is 0 Å². The first-order valence-electron chi connectivity index (χ1n) is 3.38. The van der Waals surface area contributed by atoms with E-state index in [9.17, 15) is 0 Å². The molecule has 3 heteroatoms. The fourth-order valence-corrected chi connectivity index (χ4v) is 0.596. The molecule has 0 nitrogen and oxygen atoms in total. The normalized spacial score (nSPS) is 10.1. The SMILES string of the molecule is C[CH-]CCC(C)[CH-]C.[W].[W].[W]. The second-order valence-electron chi connectivity index (χ2n) is 2.30. The summed E-state index contributed by atoms with van der Waals surface area (Å²) in [6.45, 7) is 6.49. The molecule has 0 fully saturated rings. The van der Waals surface area contributed by atoms with Crippen LogP contribution in [0.2, 0.25) is 0 Å². The van der Waals surface area contributed by atoms with Crippen LogP contribution in [0.4, 0.5) is 0 Å². The molecule has 0 aromatic heterocycles. The minimum Gasteiger partial charge on any atom is -0.332 e. The molecule has 0 rings (SSSR count). The van der Waals surface area contributed by atoms with E-state index >= 15 is 0 Å². The van der Waals surface area contributed by atoms with Crippen molar-refractivity contribution < 1.29 is 63.2 Å². The Morgan fingerprint density at radius 1 is 1.09 bits per heavy atom. The maximum atomic E-state index is 2.25. The molecule has 0 saturated heterocycles. The molecule has 0 N–H and O–H groups in total. The van der Waals surface area contributed by atoms with Crippen LogP contribution in [-0.2, 0) is 63.2 Å². The Kier molecular flexibility index (Phi) is 37.8. The summed E-state index contributed by atoms with van der Waals surface area (Å²) in [6.07, 6.45) is 7.04. The number of hydrogen-bond acceptors (Lipinski definition) is 0. The van der Waals surface area contributed by atoms with Crippen LogP contribution in [0.25, 0.3) is 0 Å². The van der Waals surface area contributed by atoms with Gasteiger partial charge in [-0.3, -0.25) is 0 Å². The van der Waals surface area contributed by atoms with Crippen LogP contribution in [0.5, 0.6) is 0 Å². The van der Waals surface area contributed by atoms with Gasteiger partial charge in [0.25, 0.3) is 0 Å². The van der Waals surface area contributed by atoms with Crippen LogP contribution in [0.15, 0.2) is 0 Å². The standard InChI is InChI=1S/C8H16.3W/c1-4-6-7-8(3)5-2;;;/h4-5,8H,6-7H2,1-3H3;;;/q-2;;;. The van der Waals surface area contributed by atoms with E-state index in [4.69, 9.17) is 0 Å². The summed E-state index contributed by atoms with van der Waals surface area (Å²) in [5, 5.41) is 0. The van der Waals surface area contributed by atoms with Gasteiger partial charge in [-0.25, -0.2) is 0 Å². The Morgan fingerprint density at radius 2 is 1.55 bits per heavy atom. The Morgan fingerprint density at radius 3 is 1.82 bits per heavy atom. The molecule has 11 heavy (non-hydrogen) atoms. The first kappa shape index (κ1) is 23.1. The van der Waals surface area contributed by atoms with E-state index in [1.807, 2.05) is 0 Å². The number of unbranched alkanes of at least 4 members (excludes halogenated alkanes) is 1. The van der Waals surface area contributed by atoms with Crippen molar-refractivity contribution in [2.45, 2.75) is 33.6 Å². The van der Waals surface area contributed by atoms with Crippen molar-refractivity contribution >= 4 is 0 Å². The molecule has 1 unspecified atom stereocenters. The van der Waals surface area contributed by atoms with Crippen molar-refractivity contribution in [1.82, 2.24) is 0 Å². The zero-order chi connectivity index (χ0) is 6.41. The summed E-state index contributed by atoms with van der Waals surface area (Å²) in [5.41, 5.74) is 0. The first-order valence-corrected chi connectivity index (χ1v) is 3.38. The van der Waals surface area contributed by atoms with E-state index in [2.05, 4.69) is 33.6 Å². The van der Waals surface area contributed by atoms with Crippen LogP contribution in [0, 0.1) is 18.8 Å². The van der Waals surface area contributed by atoms with Crippen molar-refractivity contribution in [3.63, 3.8) is 0 Å². The number of rotatable bonds is 4. The number of hydrogen-bond donors (Lipinski definition) is 0. The Labute approximate surface area is 114 Å². The smallest absolute Gasteiger partial charge is 0 e. The molecule has 0 aliphatic rings. The fraction of sp³-hybridized carbons (Fsp3) is 0.750. The van der Waals surface area contributed by atoms with Crippen molar-refractivity contribution in [1.29, 1.82) is 0 Å². The summed E-state index contributed by atoms with van der Waals surface area (Å²) in [6, 6.07) is 0. The van der Waals surface area contributed by atoms with Gasteiger partial charge in [0.2, 0.25) is 0 Å². The van der Waals surface area contributed by atoms with E-state index in [0.717, 1.165) is 5.92 Å². The third kappa shape index (κ3) is 18.8. The van der Waals surface area contributed by atoms with Gasteiger partial charge >= 0.3 is 0 Å². The summed E-state index contributed by atoms with van der Waals surface area (Å²) >= 11 is 0. The van der Waals surface area contributed by atoms with Crippen LogP contribution >= 0.6 is 0 Å². The third-order valence-corrected chi connectivity index (χ3v) is 1.48. The third-order valence-electron chi connectivity index (χ3n) is 1.48. The average molecular weight is 664 g/mol. The molecule has 0 saturated carbocycles. The van der Waals surface area contributed by atoms with Gasteiger partial charge in [-0.05, 0) is 0 Å². The molecule has 0 aromatic rings. The zero-order valence-corrected chi connectivity index (χ0v) is 16.2. The van der Waals surface area contributed by atoms with Crippen LogP contribution in [-0.4, -0.2) is 0 Å². The van der Waals surface area contributed by atoms with E-state index in [-0.39, 0.29) is 63.2 Å². The molecule has 0 aromatic carbocycles. The van der Waals surface area contributed by atoms with E-state index in [1.165, 1.54) is 12.8 Å².